The molecule has 7 nitrogen and oxygen atoms in total. The number of rotatable bonds is 5. The molecule has 1 saturated heterocycles. The number of aliphatic hydroxyl groups excluding tert-OH is 1. The van der Waals surface area contributed by atoms with Crippen molar-refractivity contribution in [2.45, 2.75) is 25.0 Å². The average molecular weight is 438 g/mol. The molecule has 32 heavy (non-hydrogen) atoms. The first-order valence-electron chi connectivity index (χ1n) is 9.95. The van der Waals surface area contributed by atoms with Crippen LogP contribution in [0.2, 0.25) is 0 Å². The van der Waals surface area contributed by atoms with Gasteiger partial charge in [0.05, 0.1) is 12.5 Å². The summed E-state index contributed by atoms with van der Waals surface area (Å²) in [4.78, 5) is 11.7. The van der Waals surface area contributed by atoms with Gasteiger partial charge in [-0.3, -0.25) is 4.79 Å². The number of allylic oxidation sites excluding steroid dienone is 2. The maximum Gasteiger partial charge on any atom is 0.309 e. The summed E-state index contributed by atoms with van der Waals surface area (Å²) in [6.45, 7) is 0. The molecule has 0 unspecified atom stereocenters. The van der Waals surface area contributed by atoms with E-state index in [0.29, 0.717) is 28.1 Å². The quantitative estimate of drug-likeness (QED) is 0.487. The van der Waals surface area contributed by atoms with Crippen molar-refractivity contribution in [1.82, 2.24) is 20.2 Å². The Morgan fingerprint density at radius 1 is 1.09 bits per heavy atom. The van der Waals surface area contributed by atoms with Crippen molar-refractivity contribution in [2.75, 3.05) is 0 Å². The normalized spacial score (nSPS) is 18.6. The number of aryl methyl sites for hydroxylation is 1. The van der Waals surface area contributed by atoms with Gasteiger partial charge >= 0.3 is 5.97 Å². The Bertz CT molecular complexity index is 1120. The number of carbonyl (C=O) groups is 1. The Kier molecular flexibility index (Phi) is 6.18. The van der Waals surface area contributed by atoms with Crippen LogP contribution in [-0.2, 0) is 16.6 Å². The molecule has 0 radical (unpaired) electrons. The van der Waals surface area contributed by atoms with Crippen LogP contribution in [0.15, 0.2) is 60.7 Å². The highest BCUT2D eigenvalue weighted by molar-refractivity contribution is 6.00. The third-order valence-electron chi connectivity index (χ3n) is 5.06. The van der Waals surface area contributed by atoms with Crippen LogP contribution >= 0.6 is 0 Å². The molecule has 0 amide bonds. The van der Waals surface area contributed by atoms with Crippen LogP contribution in [0.25, 0.3) is 11.1 Å². The fraction of sp³-hybridized carbons (Fsp3) is 0.217. The van der Waals surface area contributed by atoms with Crippen LogP contribution in [0.4, 0.5) is 8.78 Å². The van der Waals surface area contributed by atoms with E-state index in [2.05, 4.69) is 15.5 Å². The number of aromatic nitrogens is 4. The first-order valence-corrected chi connectivity index (χ1v) is 9.95. The lowest BCUT2D eigenvalue weighted by Crippen LogP contribution is -2.31. The van der Waals surface area contributed by atoms with Crippen molar-refractivity contribution in [3.63, 3.8) is 0 Å². The Balaban J connectivity index is 1.90. The van der Waals surface area contributed by atoms with E-state index in [1.165, 1.54) is 28.9 Å². The third-order valence-corrected chi connectivity index (χ3v) is 5.06. The van der Waals surface area contributed by atoms with Crippen molar-refractivity contribution >= 4 is 17.1 Å². The zero-order valence-corrected chi connectivity index (χ0v) is 17.2. The van der Waals surface area contributed by atoms with E-state index in [1.54, 1.807) is 43.5 Å². The van der Waals surface area contributed by atoms with Crippen molar-refractivity contribution in [3.05, 3.63) is 89.3 Å². The molecule has 164 valence electrons. The van der Waals surface area contributed by atoms with E-state index >= 15 is 0 Å². The summed E-state index contributed by atoms with van der Waals surface area (Å²) in [5.41, 5.74) is 2.48. The van der Waals surface area contributed by atoms with E-state index < -0.39 is 29.8 Å². The number of esters is 1. The predicted molar refractivity (Wildman–Crippen MR) is 112 cm³/mol. The molecule has 2 atom stereocenters. The maximum absolute atomic E-state index is 13.6. The molecule has 2 aromatic carbocycles. The molecule has 1 aliphatic heterocycles. The van der Waals surface area contributed by atoms with Gasteiger partial charge in [0.1, 0.15) is 17.7 Å². The number of hydrogen-bond acceptors (Lipinski definition) is 6. The molecule has 1 aliphatic rings. The van der Waals surface area contributed by atoms with Crippen LogP contribution in [0, 0.1) is 11.6 Å². The van der Waals surface area contributed by atoms with Crippen molar-refractivity contribution < 1.29 is 23.4 Å². The summed E-state index contributed by atoms with van der Waals surface area (Å²) in [6, 6.07) is 11.7. The first-order chi connectivity index (χ1) is 15.4. The second-order valence-electron chi connectivity index (χ2n) is 7.41. The molecule has 4 rings (SSSR count). The van der Waals surface area contributed by atoms with Gasteiger partial charge in [0.2, 0.25) is 0 Å². The summed E-state index contributed by atoms with van der Waals surface area (Å²) in [5, 5.41) is 21.6. The Hall–Kier alpha value is -3.72. The predicted octanol–water partition coefficient (Wildman–Crippen LogP) is 3.07. The number of halogens is 2. The van der Waals surface area contributed by atoms with E-state index in [0.717, 1.165) is 0 Å². The lowest BCUT2D eigenvalue weighted by Gasteiger charge is -2.23. The van der Waals surface area contributed by atoms with Gasteiger partial charge in [-0.05, 0) is 57.5 Å². The molecule has 0 spiro atoms. The average Bonchev–Trinajstić information content (AvgIpc) is 3.18. The van der Waals surface area contributed by atoms with Crippen LogP contribution in [0.3, 0.4) is 0 Å². The van der Waals surface area contributed by atoms with Crippen LogP contribution in [-0.4, -0.2) is 43.5 Å². The highest BCUT2D eigenvalue weighted by Crippen LogP contribution is 2.33. The Morgan fingerprint density at radius 3 is 2.19 bits per heavy atom. The number of aliphatic hydroxyl groups is 1. The van der Waals surface area contributed by atoms with Gasteiger partial charge in [0.25, 0.3) is 0 Å². The third kappa shape index (κ3) is 4.78. The second-order valence-corrected chi connectivity index (χ2v) is 7.41. The summed E-state index contributed by atoms with van der Waals surface area (Å²) >= 11 is 0. The summed E-state index contributed by atoms with van der Waals surface area (Å²) in [5.74, 6) is -0.880. The minimum atomic E-state index is -0.788. The van der Waals surface area contributed by atoms with E-state index in [1.807, 2.05) is 0 Å². The first kappa shape index (κ1) is 21.5. The molecule has 0 aliphatic carbocycles. The molecule has 0 saturated carbocycles. The van der Waals surface area contributed by atoms with Crippen molar-refractivity contribution in [3.8, 4) is 0 Å². The van der Waals surface area contributed by atoms with E-state index in [4.69, 9.17) is 4.74 Å². The molecule has 1 aromatic heterocycles. The lowest BCUT2D eigenvalue weighted by molar-refractivity contribution is -0.156. The van der Waals surface area contributed by atoms with Gasteiger partial charge in [-0.15, -0.1) is 5.10 Å². The topological polar surface area (TPSA) is 90.1 Å². The molecule has 1 fully saturated rings. The van der Waals surface area contributed by atoms with Crippen molar-refractivity contribution in [2.24, 2.45) is 7.05 Å². The SMILES string of the molecule is Cn1nnnc1C(C=C[C@@H]1C[C@@H](O)CC(=O)O1)=C(c1ccc(F)cc1)c1ccc(F)cc1. The fourth-order valence-electron chi connectivity index (χ4n) is 3.57. The standard InChI is InChI=1S/C23H20F2N4O3/c1-29-23(26-27-28-29)20(11-10-19-12-18(30)13-21(31)32-19)22(14-2-6-16(24)7-3-14)15-4-8-17(25)9-5-15/h2-11,18-19,30H,12-13H2,1H3/t18-,19-/m1/s1. The van der Waals surface area contributed by atoms with Crippen LogP contribution in [0.1, 0.15) is 29.8 Å². The maximum atomic E-state index is 13.6. The van der Waals surface area contributed by atoms with E-state index in [-0.39, 0.29) is 12.8 Å². The van der Waals surface area contributed by atoms with Gasteiger partial charge in [0.15, 0.2) is 5.82 Å². The zero-order chi connectivity index (χ0) is 22.7. The van der Waals surface area contributed by atoms with Crippen LogP contribution < -0.4 is 0 Å². The minimum absolute atomic E-state index is 0.0450. The second kappa shape index (κ2) is 9.19. The molecule has 0 bridgehead atoms. The fourth-order valence-corrected chi connectivity index (χ4v) is 3.57. The number of hydrogen-bond donors (Lipinski definition) is 1. The molecule has 2 heterocycles. The summed E-state index contributed by atoms with van der Waals surface area (Å²) in [6.07, 6.45) is 2.14. The number of nitrogens with zero attached hydrogens (tertiary/aromatic N) is 4. The molecule has 3 aromatic rings. The van der Waals surface area contributed by atoms with Crippen LogP contribution in [0.5, 0.6) is 0 Å². The molecule has 1 N–H and O–H groups in total. The van der Waals surface area contributed by atoms with Gasteiger partial charge in [-0.1, -0.05) is 30.3 Å². The van der Waals surface area contributed by atoms with Gasteiger partial charge < -0.3 is 9.84 Å². The number of ether oxygens (including phenoxy) is 1. The van der Waals surface area contributed by atoms with Crippen molar-refractivity contribution in [1.29, 1.82) is 0 Å². The molecular formula is C23H20F2N4O3. The molecule has 9 heteroatoms. The molecular weight excluding hydrogens is 418 g/mol. The highest BCUT2D eigenvalue weighted by Gasteiger charge is 2.26. The Labute approximate surface area is 182 Å². The summed E-state index contributed by atoms with van der Waals surface area (Å²) in [7, 11) is 1.67. The highest BCUT2D eigenvalue weighted by atomic mass is 19.1. The van der Waals surface area contributed by atoms with Gasteiger partial charge in [0, 0.05) is 19.0 Å². The number of cyclic esters (lactones) is 1. The lowest BCUT2D eigenvalue weighted by atomic mass is 9.91. The van der Waals surface area contributed by atoms with Gasteiger partial charge in [-0.2, -0.15) is 0 Å². The number of tetrazole rings is 1. The Morgan fingerprint density at radius 2 is 1.69 bits per heavy atom. The van der Waals surface area contributed by atoms with E-state index in [9.17, 15) is 18.7 Å². The number of carbonyl (C=O) groups excluding carboxylic acids is 1. The minimum Gasteiger partial charge on any atom is -0.458 e. The number of benzene rings is 2. The van der Waals surface area contributed by atoms with Gasteiger partial charge in [-0.25, -0.2) is 13.5 Å². The largest absolute Gasteiger partial charge is 0.458 e. The smallest absolute Gasteiger partial charge is 0.309 e. The summed E-state index contributed by atoms with van der Waals surface area (Å²) < 4.78 is 34.0. The zero-order valence-electron chi connectivity index (χ0n) is 17.2. The monoisotopic (exact) mass is 438 g/mol.